The summed E-state index contributed by atoms with van der Waals surface area (Å²) in [5.41, 5.74) is 1.72. The highest BCUT2D eigenvalue weighted by Gasteiger charge is 2.21. The molecule has 0 bridgehead atoms. The molecule has 2 aromatic carbocycles. The molecule has 2 aromatic rings. The van der Waals surface area contributed by atoms with Crippen molar-refractivity contribution in [2.24, 2.45) is 5.92 Å². The first-order valence-electron chi connectivity index (χ1n) is 7.99. The van der Waals surface area contributed by atoms with Crippen LogP contribution in [0.25, 0.3) is 0 Å². The minimum absolute atomic E-state index is 0.0288. The maximum absolute atomic E-state index is 13.1. The maximum Gasteiger partial charge on any atom is 0.279 e. The van der Waals surface area contributed by atoms with Gasteiger partial charge in [0, 0.05) is 16.5 Å². The van der Waals surface area contributed by atoms with Gasteiger partial charge in [0.25, 0.3) is 5.91 Å². The number of benzene rings is 2. The van der Waals surface area contributed by atoms with Gasteiger partial charge in [0.15, 0.2) is 6.54 Å². The van der Waals surface area contributed by atoms with E-state index in [2.05, 4.69) is 5.32 Å². The van der Waals surface area contributed by atoms with E-state index in [0.29, 0.717) is 16.3 Å². The molecule has 0 radical (unpaired) electrons. The van der Waals surface area contributed by atoms with Crippen molar-refractivity contribution in [1.82, 2.24) is 0 Å². The predicted octanol–water partition coefficient (Wildman–Crippen LogP) is 3.25. The van der Waals surface area contributed by atoms with Crippen molar-refractivity contribution in [2.75, 3.05) is 11.9 Å². The zero-order chi connectivity index (χ0) is 18.4. The largest absolute Gasteiger partial charge is 0.332 e. The number of nitrogens with zero attached hydrogens (tertiary/aromatic N) is 1. The second-order valence-corrected chi connectivity index (χ2v) is 6.55. The lowest BCUT2D eigenvalue weighted by molar-refractivity contribution is -0.692. The number of nitrogens with one attached hydrogen (secondary N) is 1. The quantitative estimate of drug-likeness (QED) is 0.830. The van der Waals surface area contributed by atoms with Gasteiger partial charge in [-0.05, 0) is 30.3 Å². The molecule has 2 rings (SSSR count). The van der Waals surface area contributed by atoms with E-state index in [1.807, 2.05) is 25.2 Å². The molecule has 0 fully saturated rings. The van der Waals surface area contributed by atoms with E-state index in [9.17, 15) is 9.18 Å². The number of hydrogen-bond donors (Lipinski definition) is 2. The van der Waals surface area contributed by atoms with Crippen LogP contribution in [-0.2, 0) is 4.79 Å². The lowest BCUT2D eigenvalue weighted by Crippen LogP contribution is -2.88. The normalized spacial score (nSPS) is 11.8. The summed E-state index contributed by atoms with van der Waals surface area (Å²) in [7, 11) is 0. The molecule has 0 unspecified atom stereocenters. The van der Waals surface area contributed by atoms with E-state index >= 15 is 0 Å². The van der Waals surface area contributed by atoms with Crippen molar-refractivity contribution in [3.8, 4) is 6.07 Å². The zero-order valence-electron chi connectivity index (χ0n) is 14.1. The summed E-state index contributed by atoms with van der Waals surface area (Å²) in [6, 6.07) is 13.1. The molecule has 0 saturated heterocycles. The summed E-state index contributed by atoms with van der Waals surface area (Å²) in [4.78, 5) is 12.2. The number of hydrogen-bond acceptors (Lipinski definition) is 2. The monoisotopic (exact) mass is 360 g/mol. The standard InChI is InChI=1S/C19H19ClFN3O/c1-12(2)19(13-4-7-16(21)8-5-13)23-11-18(25)24-17-9-15(20)6-3-14(17)10-22/h3-9,12,19,23H,11H2,1-2H3,(H,24,25)/p+1/t19-/m0/s1. The smallest absolute Gasteiger partial charge is 0.279 e. The SMILES string of the molecule is CC(C)[C@H]([NH2+]CC(=O)Nc1cc(Cl)ccc1C#N)c1ccc(F)cc1. The van der Waals surface area contributed by atoms with E-state index in [0.717, 1.165) is 5.56 Å². The van der Waals surface area contributed by atoms with Crippen LogP contribution in [0.1, 0.15) is 31.0 Å². The Hall–Kier alpha value is -2.42. The molecule has 4 nitrogen and oxygen atoms in total. The Bertz CT molecular complexity index is 784. The Morgan fingerprint density at radius 3 is 2.56 bits per heavy atom. The average molecular weight is 361 g/mol. The minimum atomic E-state index is -0.283. The summed E-state index contributed by atoms with van der Waals surface area (Å²) in [6.45, 7) is 4.28. The first-order valence-corrected chi connectivity index (χ1v) is 8.36. The fourth-order valence-corrected chi connectivity index (χ4v) is 2.80. The van der Waals surface area contributed by atoms with Crippen LogP contribution in [0.2, 0.25) is 5.02 Å². The van der Waals surface area contributed by atoms with Crippen molar-refractivity contribution >= 4 is 23.2 Å². The average Bonchev–Trinajstić information content (AvgIpc) is 2.56. The Balaban J connectivity index is 2.03. The molecule has 0 aliphatic heterocycles. The summed E-state index contributed by atoms with van der Waals surface area (Å²) in [5, 5.41) is 14.2. The predicted molar refractivity (Wildman–Crippen MR) is 95.6 cm³/mol. The number of halogens is 2. The van der Waals surface area contributed by atoms with E-state index in [4.69, 9.17) is 16.9 Å². The van der Waals surface area contributed by atoms with Gasteiger partial charge in [-0.15, -0.1) is 0 Å². The van der Waals surface area contributed by atoms with Gasteiger partial charge < -0.3 is 10.6 Å². The van der Waals surface area contributed by atoms with Crippen LogP contribution in [0.15, 0.2) is 42.5 Å². The third kappa shape index (κ3) is 5.28. The van der Waals surface area contributed by atoms with Crippen LogP contribution in [0, 0.1) is 23.1 Å². The van der Waals surface area contributed by atoms with Crippen LogP contribution in [0.4, 0.5) is 10.1 Å². The summed E-state index contributed by atoms with van der Waals surface area (Å²) >= 11 is 5.92. The Morgan fingerprint density at radius 2 is 1.96 bits per heavy atom. The molecule has 0 heterocycles. The van der Waals surface area contributed by atoms with Crippen molar-refractivity contribution in [2.45, 2.75) is 19.9 Å². The molecule has 1 amide bonds. The maximum atomic E-state index is 13.1. The Labute approximate surface area is 151 Å². The molecule has 130 valence electrons. The zero-order valence-corrected chi connectivity index (χ0v) is 14.8. The molecular weight excluding hydrogens is 341 g/mol. The number of anilines is 1. The van der Waals surface area contributed by atoms with Crippen molar-refractivity contribution < 1.29 is 14.5 Å². The molecular formula is C19H20ClFN3O+. The minimum Gasteiger partial charge on any atom is -0.332 e. The first kappa shape index (κ1) is 18.9. The molecule has 0 aliphatic rings. The van der Waals surface area contributed by atoms with Crippen molar-refractivity contribution in [3.05, 3.63) is 64.4 Å². The molecule has 1 atom stereocenters. The van der Waals surface area contributed by atoms with Gasteiger partial charge in [-0.25, -0.2) is 4.39 Å². The lowest BCUT2D eigenvalue weighted by atomic mass is 9.96. The topological polar surface area (TPSA) is 69.5 Å². The van der Waals surface area contributed by atoms with Gasteiger partial charge in [0.2, 0.25) is 0 Å². The Morgan fingerprint density at radius 1 is 1.28 bits per heavy atom. The molecule has 0 spiro atoms. The molecule has 0 aliphatic carbocycles. The third-order valence-corrected chi connectivity index (χ3v) is 4.14. The third-order valence-electron chi connectivity index (χ3n) is 3.91. The van der Waals surface area contributed by atoms with Gasteiger partial charge in [-0.1, -0.05) is 37.6 Å². The van der Waals surface area contributed by atoms with Gasteiger partial charge in [0.05, 0.1) is 11.3 Å². The number of carbonyl (C=O) groups is 1. The van der Waals surface area contributed by atoms with Crippen molar-refractivity contribution in [1.29, 1.82) is 5.26 Å². The number of nitriles is 1. The summed E-state index contributed by atoms with van der Waals surface area (Å²) in [5.74, 6) is -0.250. The summed E-state index contributed by atoms with van der Waals surface area (Å²) in [6.07, 6.45) is 0. The van der Waals surface area contributed by atoms with Crippen LogP contribution in [0.3, 0.4) is 0 Å². The van der Waals surface area contributed by atoms with Crippen LogP contribution in [-0.4, -0.2) is 12.5 Å². The van der Waals surface area contributed by atoms with E-state index in [1.54, 1.807) is 30.3 Å². The fraction of sp³-hybridized carbons (Fsp3) is 0.263. The van der Waals surface area contributed by atoms with Gasteiger partial charge in [-0.3, -0.25) is 4.79 Å². The first-order chi connectivity index (χ1) is 11.9. The lowest BCUT2D eigenvalue weighted by Gasteiger charge is -2.19. The van der Waals surface area contributed by atoms with Gasteiger partial charge in [0.1, 0.15) is 17.9 Å². The highest BCUT2D eigenvalue weighted by atomic mass is 35.5. The van der Waals surface area contributed by atoms with Crippen molar-refractivity contribution in [3.63, 3.8) is 0 Å². The number of amides is 1. The van der Waals surface area contributed by atoms with Crippen LogP contribution < -0.4 is 10.6 Å². The molecule has 3 N–H and O–H groups in total. The molecule has 0 saturated carbocycles. The fourth-order valence-electron chi connectivity index (χ4n) is 2.63. The molecule has 6 heteroatoms. The second kappa shape index (κ2) is 8.61. The van der Waals surface area contributed by atoms with Gasteiger partial charge >= 0.3 is 0 Å². The summed E-state index contributed by atoms with van der Waals surface area (Å²) < 4.78 is 13.1. The second-order valence-electron chi connectivity index (χ2n) is 6.11. The molecule has 25 heavy (non-hydrogen) atoms. The van der Waals surface area contributed by atoms with Crippen LogP contribution >= 0.6 is 11.6 Å². The highest BCUT2D eigenvalue weighted by molar-refractivity contribution is 6.31. The van der Waals surface area contributed by atoms with E-state index < -0.39 is 0 Å². The Kier molecular flexibility index (Phi) is 6.51. The van der Waals surface area contributed by atoms with Crippen LogP contribution in [0.5, 0.6) is 0 Å². The molecule has 0 aromatic heterocycles. The number of nitrogens with two attached hydrogens (primary N) is 1. The highest BCUT2D eigenvalue weighted by Crippen LogP contribution is 2.20. The van der Waals surface area contributed by atoms with E-state index in [-0.39, 0.29) is 30.2 Å². The number of carbonyl (C=O) groups excluding carboxylic acids is 1. The van der Waals surface area contributed by atoms with E-state index in [1.165, 1.54) is 12.1 Å². The number of rotatable bonds is 6. The number of quaternary nitrogens is 1. The van der Waals surface area contributed by atoms with Gasteiger partial charge in [-0.2, -0.15) is 5.26 Å².